The van der Waals surface area contributed by atoms with Crippen LogP contribution in [0.3, 0.4) is 0 Å². The van der Waals surface area contributed by atoms with Crippen LogP contribution in [-0.2, 0) is 9.59 Å². The van der Waals surface area contributed by atoms with E-state index in [-0.39, 0.29) is 0 Å². The van der Waals surface area contributed by atoms with Gasteiger partial charge in [0, 0.05) is 6.20 Å². The fraction of sp³-hybridized carbons (Fsp3) is 0.222. The summed E-state index contributed by atoms with van der Waals surface area (Å²) in [7, 11) is 0. The molecule has 1 heterocycles. The number of aromatic nitrogens is 1. The highest BCUT2D eigenvalue weighted by molar-refractivity contribution is 5.73. The number of hydrogen-bond acceptors (Lipinski definition) is 4. The molecule has 0 saturated carbocycles. The number of anilines is 1. The highest BCUT2D eigenvalue weighted by atomic mass is 19.4. The molecule has 120 valence electrons. The first-order chi connectivity index (χ1) is 9.28. The van der Waals surface area contributed by atoms with Crippen molar-refractivity contribution in [1.29, 1.82) is 0 Å². The van der Waals surface area contributed by atoms with Gasteiger partial charge in [-0.25, -0.2) is 14.6 Å². The van der Waals surface area contributed by atoms with Gasteiger partial charge in [-0.1, -0.05) is 6.07 Å². The Morgan fingerprint density at radius 3 is 1.38 bits per heavy atom. The molecule has 0 atom stereocenters. The molecule has 12 heteroatoms. The summed E-state index contributed by atoms with van der Waals surface area (Å²) in [6, 6.07) is 5.43. The van der Waals surface area contributed by atoms with Crippen LogP contribution in [-0.4, -0.2) is 39.5 Å². The average Bonchev–Trinajstić information content (AvgIpc) is 2.28. The van der Waals surface area contributed by atoms with E-state index in [1.807, 2.05) is 12.1 Å². The maximum absolute atomic E-state index is 10.6. The molecule has 0 unspecified atom stereocenters. The van der Waals surface area contributed by atoms with E-state index in [4.69, 9.17) is 25.5 Å². The number of halogens is 6. The minimum absolute atomic E-state index is 0.572. The fourth-order valence-corrected chi connectivity index (χ4v) is 0.376. The number of carboxylic acid groups (broad SMARTS) is 2. The number of nitrogens with zero attached hydrogens (tertiary/aromatic N) is 1. The lowest BCUT2D eigenvalue weighted by Gasteiger charge is -1.93. The van der Waals surface area contributed by atoms with Gasteiger partial charge in [-0.3, -0.25) is 0 Å². The SMILES string of the molecule is Nc1ccccn1.O=C(O)C(F)(F)F.O=C(O)C(F)(F)F. The molecule has 0 radical (unpaired) electrons. The third kappa shape index (κ3) is 13.7. The van der Waals surface area contributed by atoms with Crippen LogP contribution in [0, 0.1) is 0 Å². The van der Waals surface area contributed by atoms with Crippen LogP contribution in [0.25, 0.3) is 0 Å². The van der Waals surface area contributed by atoms with Crippen molar-refractivity contribution in [2.75, 3.05) is 5.73 Å². The van der Waals surface area contributed by atoms with Crippen LogP contribution in [0.5, 0.6) is 0 Å². The normalized spacial score (nSPS) is 10.4. The zero-order valence-electron chi connectivity index (χ0n) is 9.81. The number of rotatable bonds is 0. The van der Waals surface area contributed by atoms with Gasteiger partial charge >= 0.3 is 24.3 Å². The number of alkyl halides is 6. The van der Waals surface area contributed by atoms with E-state index < -0.39 is 24.3 Å². The number of carboxylic acids is 2. The van der Waals surface area contributed by atoms with Crippen molar-refractivity contribution in [3.63, 3.8) is 0 Å². The molecule has 4 N–H and O–H groups in total. The van der Waals surface area contributed by atoms with Gasteiger partial charge in [0.05, 0.1) is 0 Å². The molecule has 0 aliphatic heterocycles. The molecule has 0 bridgehead atoms. The molecule has 1 aromatic heterocycles. The number of nitrogens with two attached hydrogens (primary N) is 1. The summed E-state index contributed by atoms with van der Waals surface area (Å²) in [5, 5.41) is 14.2. The Labute approximate surface area is 112 Å². The van der Waals surface area contributed by atoms with Crippen molar-refractivity contribution in [2.24, 2.45) is 0 Å². The molecule has 0 aromatic carbocycles. The van der Waals surface area contributed by atoms with Gasteiger partial charge in [-0.15, -0.1) is 0 Å². The van der Waals surface area contributed by atoms with Crippen molar-refractivity contribution >= 4 is 17.8 Å². The maximum atomic E-state index is 10.6. The molecule has 1 rings (SSSR count). The van der Waals surface area contributed by atoms with Gasteiger partial charge in [-0.2, -0.15) is 26.3 Å². The Morgan fingerprint density at radius 2 is 1.29 bits per heavy atom. The molecule has 0 saturated heterocycles. The average molecular weight is 322 g/mol. The number of carbonyl (C=O) groups is 2. The highest BCUT2D eigenvalue weighted by Crippen LogP contribution is 2.13. The van der Waals surface area contributed by atoms with Crippen molar-refractivity contribution in [1.82, 2.24) is 4.98 Å². The second kappa shape index (κ2) is 8.60. The lowest BCUT2D eigenvalue weighted by Crippen LogP contribution is -2.21. The summed E-state index contributed by atoms with van der Waals surface area (Å²) in [5.74, 6) is -4.94. The number of nitrogen functional groups attached to an aromatic ring is 1. The first-order valence-electron chi connectivity index (χ1n) is 4.55. The van der Waals surface area contributed by atoms with Crippen molar-refractivity contribution < 1.29 is 46.1 Å². The van der Waals surface area contributed by atoms with E-state index in [9.17, 15) is 26.3 Å². The zero-order valence-corrected chi connectivity index (χ0v) is 9.81. The predicted octanol–water partition coefficient (Wildman–Crippen LogP) is 1.93. The lowest BCUT2D eigenvalue weighted by molar-refractivity contribution is -0.193. The molecule has 0 spiro atoms. The Bertz CT molecular complexity index is 422. The number of aliphatic carboxylic acids is 2. The van der Waals surface area contributed by atoms with Gasteiger partial charge in [0.25, 0.3) is 0 Å². The van der Waals surface area contributed by atoms with Crippen LogP contribution >= 0.6 is 0 Å². The quantitative estimate of drug-likeness (QED) is 0.629. The molecule has 0 amide bonds. The van der Waals surface area contributed by atoms with Crippen molar-refractivity contribution in [3.05, 3.63) is 24.4 Å². The first kappa shape index (κ1) is 20.8. The third-order valence-electron chi connectivity index (χ3n) is 1.17. The largest absolute Gasteiger partial charge is 0.490 e. The summed E-state index contributed by atoms with van der Waals surface area (Å²) in [4.78, 5) is 21.5. The number of hydrogen-bond donors (Lipinski definition) is 3. The van der Waals surface area contributed by atoms with E-state index >= 15 is 0 Å². The third-order valence-corrected chi connectivity index (χ3v) is 1.17. The maximum Gasteiger partial charge on any atom is 0.490 e. The van der Waals surface area contributed by atoms with Gasteiger partial charge < -0.3 is 15.9 Å². The molecular formula is C9H8F6N2O4. The van der Waals surface area contributed by atoms with Crippen molar-refractivity contribution in [3.8, 4) is 0 Å². The summed E-state index contributed by atoms with van der Waals surface area (Å²) in [6.45, 7) is 0. The van der Waals surface area contributed by atoms with E-state index in [1.165, 1.54) is 0 Å². The molecule has 21 heavy (non-hydrogen) atoms. The van der Waals surface area contributed by atoms with Gasteiger partial charge in [0.1, 0.15) is 5.82 Å². The Morgan fingerprint density at radius 1 is 0.952 bits per heavy atom. The predicted molar refractivity (Wildman–Crippen MR) is 56.0 cm³/mol. The first-order valence-corrected chi connectivity index (χ1v) is 4.55. The monoisotopic (exact) mass is 322 g/mol. The second-order valence-corrected chi connectivity index (χ2v) is 2.86. The van der Waals surface area contributed by atoms with Crippen LogP contribution in [0.4, 0.5) is 32.2 Å². The Kier molecular flexibility index (Phi) is 8.51. The van der Waals surface area contributed by atoms with Crippen LogP contribution in [0.2, 0.25) is 0 Å². The molecule has 6 nitrogen and oxygen atoms in total. The van der Waals surface area contributed by atoms with Gasteiger partial charge in [0.2, 0.25) is 0 Å². The molecule has 1 aromatic rings. The Balaban J connectivity index is 0. The molecule has 0 fully saturated rings. The van der Waals surface area contributed by atoms with Gasteiger partial charge in [0.15, 0.2) is 0 Å². The second-order valence-electron chi connectivity index (χ2n) is 2.86. The molecule has 0 aliphatic carbocycles. The fourth-order valence-electron chi connectivity index (χ4n) is 0.376. The van der Waals surface area contributed by atoms with E-state index in [0.717, 1.165) is 0 Å². The lowest BCUT2D eigenvalue weighted by atomic mass is 10.5. The van der Waals surface area contributed by atoms with Crippen LogP contribution in [0.15, 0.2) is 24.4 Å². The Hall–Kier alpha value is -2.53. The van der Waals surface area contributed by atoms with Crippen LogP contribution in [0.1, 0.15) is 0 Å². The topological polar surface area (TPSA) is 114 Å². The number of pyridine rings is 1. The van der Waals surface area contributed by atoms with E-state index in [0.29, 0.717) is 5.82 Å². The standard InChI is InChI=1S/C5H6N2.2C2HF3O2/c6-5-3-1-2-4-7-5;2*3-2(4,5)1(6)7/h1-4H,(H2,6,7);2*(H,6,7). The van der Waals surface area contributed by atoms with E-state index in [2.05, 4.69) is 4.98 Å². The van der Waals surface area contributed by atoms with Gasteiger partial charge in [-0.05, 0) is 12.1 Å². The molecular weight excluding hydrogens is 314 g/mol. The van der Waals surface area contributed by atoms with E-state index in [1.54, 1.807) is 12.3 Å². The smallest absolute Gasteiger partial charge is 0.475 e. The van der Waals surface area contributed by atoms with Crippen LogP contribution < -0.4 is 5.73 Å². The summed E-state index contributed by atoms with van der Waals surface area (Å²) in [6.07, 6.45) is -8.50. The zero-order chi connectivity index (χ0) is 17.3. The summed E-state index contributed by atoms with van der Waals surface area (Å²) in [5.41, 5.74) is 5.25. The summed E-state index contributed by atoms with van der Waals surface area (Å²) < 4.78 is 63.5. The molecule has 0 aliphatic rings. The minimum Gasteiger partial charge on any atom is -0.475 e. The highest BCUT2D eigenvalue weighted by Gasteiger charge is 2.38. The minimum atomic E-state index is -5.08. The summed E-state index contributed by atoms with van der Waals surface area (Å²) >= 11 is 0. The van der Waals surface area contributed by atoms with Crippen molar-refractivity contribution in [2.45, 2.75) is 12.4 Å².